The molecule has 0 saturated carbocycles. The van der Waals surface area contributed by atoms with Gasteiger partial charge >= 0.3 is 0 Å². The Morgan fingerprint density at radius 1 is 1.19 bits per heavy atom. The first-order valence-electron chi connectivity index (χ1n) is 8.32. The topological polar surface area (TPSA) is 69.0 Å². The molecule has 0 atom stereocenters. The highest BCUT2D eigenvalue weighted by atomic mass is 32.2. The van der Waals surface area contributed by atoms with Crippen LogP contribution in [0.1, 0.15) is 6.42 Å². The first kappa shape index (κ1) is 19.3. The van der Waals surface area contributed by atoms with Crippen molar-refractivity contribution in [1.82, 2.24) is 14.8 Å². The number of para-hydroxylation sites is 3. The molecule has 0 bridgehead atoms. The molecule has 3 aromatic rings. The number of methoxy groups -OCH3 is 1. The van der Waals surface area contributed by atoms with Crippen LogP contribution in [0.3, 0.4) is 0 Å². The second kappa shape index (κ2) is 9.48. The summed E-state index contributed by atoms with van der Waals surface area (Å²) >= 11 is 3.09. The summed E-state index contributed by atoms with van der Waals surface area (Å²) in [6.45, 7) is 0. The molecule has 2 aromatic carbocycles. The zero-order valence-electron chi connectivity index (χ0n) is 15.1. The summed E-state index contributed by atoms with van der Waals surface area (Å²) in [4.78, 5) is 13.3. The molecule has 8 heteroatoms. The van der Waals surface area contributed by atoms with E-state index < -0.39 is 0 Å². The van der Waals surface area contributed by atoms with Crippen LogP contribution in [-0.2, 0) is 4.79 Å². The van der Waals surface area contributed by atoms with E-state index in [2.05, 4.69) is 15.5 Å². The number of benzene rings is 2. The van der Waals surface area contributed by atoms with Crippen molar-refractivity contribution in [3.8, 4) is 11.4 Å². The van der Waals surface area contributed by atoms with Crippen LogP contribution >= 0.6 is 23.5 Å². The summed E-state index contributed by atoms with van der Waals surface area (Å²) in [5.74, 6) is 1.32. The summed E-state index contributed by atoms with van der Waals surface area (Å²) in [6, 6.07) is 15.5. The van der Waals surface area contributed by atoms with E-state index in [1.807, 2.05) is 59.4 Å². The molecule has 0 radical (unpaired) electrons. The van der Waals surface area contributed by atoms with E-state index in [1.165, 1.54) is 11.8 Å². The minimum absolute atomic E-state index is 0.0210. The van der Waals surface area contributed by atoms with Gasteiger partial charge in [-0.3, -0.25) is 9.36 Å². The van der Waals surface area contributed by atoms with Gasteiger partial charge in [0.05, 0.1) is 18.5 Å². The summed E-state index contributed by atoms with van der Waals surface area (Å²) in [6.07, 6.45) is 4.02. The number of ether oxygens (including phenoxy) is 1. The lowest BCUT2D eigenvalue weighted by molar-refractivity contribution is -0.115. The minimum atomic E-state index is -0.0210. The monoisotopic (exact) mass is 400 g/mol. The Bertz CT molecular complexity index is 914. The third-order valence-electron chi connectivity index (χ3n) is 3.80. The Balaban J connectivity index is 1.60. The van der Waals surface area contributed by atoms with Gasteiger partial charge in [0, 0.05) is 17.1 Å². The maximum absolute atomic E-state index is 12.3. The molecule has 27 heavy (non-hydrogen) atoms. The molecule has 1 aromatic heterocycles. The number of aromatic nitrogens is 3. The number of hydrogen-bond acceptors (Lipinski definition) is 6. The Kier molecular flexibility index (Phi) is 6.78. The van der Waals surface area contributed by atoms with Crippen LogP contribution in [0.4, 0.5) is 5.69 Å². The Hall–Kier alpha value is -2.45. The number of nitrogens with zero attached hydrogens (tertiary/aromatic N) is 3. The number of anilines is 1. The van der Waals surface area contributed by atoms with Crippen molar-refractivity contribution < 1.29 is 9.53 Å². The van der Waals surface area contributed by atoms with Crippen molar-refractivity contribution in [3.05, 3.63) is 54.9 Å². The van der Waals surface area contributed by atoms with E-state index >= 15 is 0 Å². The molecule has 0 aliphatic rings. The van der Waals surface area contributed by atoms with Gasteiger partial charge in [0.2, 0.25) is 5.91 Å². The number of hydrogen-bond donors (Lipinski definition) is 1. The predicted octanol–water partition coefficient (Wildman–Crippen LogP) is 4.12. The SMILES string of the molecule is COc1ccccc1-n1cnnc1SCCC(=O)Nc1ccccc1SC. The van der Waals surface area contributed by atoms with Crippen LogP contribution in [0.5, 0.6) is 5.75 Å². The number of carbonyl (C=O) groups excluding carboxylic acids is 1. The molecule has 0 aliphatic carbocycles. The van der Waals surface area contributed by atoms with E-state index in [4.69, 9.17) is 4.74 Å². The van der Waals surface area contributed by atoms with E-state index in [0.29, 0.717) is 12.2 Å². The van der Waals surface area contributed by atoms with E-state index in [1.54, 1.807) is 25.2 Å². The molecule has 1 amide bonds. The van der Waals surface area contributed by atoms with Crippen molar-refractivity contribution in [2.45, 2.75) is 16.5 Å². The molecule has 6 nitrogen and oxygen atoms in total. The first-order valence-corrected chi connectivity index (χ1v) is 10.5. The molecule has 1 N–H and O–H groups in total. The van der Waals surface area contributed by atoms with Crippen molar-refractivity contribution in [1.29, 1.82) is 0 Å². The average Bonchev–Trinajstić information content (AvgIpc) is 3.16. The van der Waals surface area contributed by atoms with E-state index in [9.17, 15) is 4.79 Å². The fourth-order valence-electron chi connectivity index (χ4n) is 2.51. The summed E-state index contributed by atoms with van der Waals surface area (Å²) in [5.41, 5.74) is 1.71. The fraction of sp³-hybridized carbons (Fsp3) is 0.211. The predicted molar refractivity (Wildman–Crippen MR) is 110 cm³/mol. The lowest BCUT2D eigenvalue weighted by atomic mass is 10.3. The van der Waals surface area contributed by atoms with Gasteiger partial charge in [-0.1, -0.05) is 36.0 Å². The molecule has 0 unspecified atom stereocenters. The number of amides is 1. The molecule has 0 spiro atoms. The lowest BCUT2D eigenvalue weighted by Crippen LogP contribution is -2.13. The maximum Gasteiger partial charge on any atom is 0.225 e. The molecule has 3 rings (SSSR count). The molecule has 140 valence electrons. The number of carbonyl (C=O) groups is 1. The van der Waals surface area contributed by atoms with Gasteiger partial charge in [-0.05, 0) is 30.5 Å². The van der Waals surface area contributed by atoms with Crippen molar-refractivity contribution >= 4 is 35.1 Å². The summed E-state index contributed by atoms with van der Waals surface area (Å²) in [7, 11) is 1.63. The van der Waals surface area contributed by atoms with Crippen molar-refractivity contribution in [3.63, 3.8) is 0 Å². The summed E-state index contributed by atoms with van der Waals surface area (Å²) in [5, 5.41) is 11.8. The third-order valence-corrected chi connectivity index (χ3v) is 5.54. The van der Waals surface area contributed by atoms with E-state index in [-0.39, 0.29) is 5.91 Å². The highest BCUT2D eigenvalue weighted by Crippen LogP contribution is 2.27. The van der Waals surface area contributed by atoms with Crippen LogP contribution in [0.2, 0.25) is 0 Å². The Labute approximate surface area is 166 Å². The van der Waals surface area contributed by atoms with Crippen LogP contribution < -0.4 is 10.1 Å². The largest absolute Gasteiger partial charge is 0.495 e. The normalized spacial score (nSPS) is 10.6. The van der Waals surface area contributed by atoms with Gasteiger partial charge in [0.15, 0.2) is 5.16 Å². The van der Waals surface area contributed by atoms with E-state index in [0.717, 1.165) is 27.2 Å². The standard InChI is InChI=1S/C19H20N4O2S2/c1-25-16-9-5-4-8-15(16)23-13-20-22-19(23)27-12-11-18(24)21-14-7-3-6-10-17(14)26-2/h3-10,13H,11-12H2,1-2H3,(H,21,24). The molecule has 0 saturated heterocycles. The third kappa shape index (κ3) is 4.84. The van der Waals surface area contributed by atoms with Gasteiger partial charge < -0.3 is 10.1 Å². The average molecular weight is 401 g/mol. The zero-order chi connectivity index (χ0) is 19.1. The van der Waals surface area contributed by atoms with Crippen molar-refractivity contribution in [2.75, 3.05) is 24.4 Å². The first-order chi connectivity index (χ1) is 13.2. The molecular formula is C19H20N4O2S2. The highest BCUT2D eigenvalue weighted by Gasteiger charge is 2.12. The van der Waals surface area contributed by atoms with Crippen LogP contribution in [-0.4, -0.2) is 39.8 Å². The van der Waals surface area contributed by atoms with Gasteiger partial charge in [-0.2, -0.15) is 0 Å². The number of nitrogens with one attached hydrogen (secondary N) is 1. The van der Waals surface area contributed by atoms with Gasteiger partial charge in [-0.25, -0.2) is 0 Å². The molecule has 0 fully saturated rings. The summed E-state index contributed by atoms with van der Waals surface area (Å²) < 4.78 is 7.27. The van der Waals surface area contributed by atoms with Crippen LogP contribution in [0.25, 0.3) is 5.69 Å². The Morgan fingerprint density at radius 3 is 2.78 bits per heavy atom. The fourth-order valence-corrected chi connectivity index (χ4v) is 3.93. The van der Waals surface area contributed by atoms with Crippen molar-refractivity contribution in [2.24, 2.45) is 0 Å². The smallest absolute Gasteiger partial charge is 0.225 e. The maximum atomic E-state index is 12.3. The van der Waals surface area contributed by atoms with Gasteiger partial charge in [0.1, 0.15) is 12.1 Å². The molecule has 0 aliphatic heterocycles. The molecule has 1 heterocycles. The second-order valence-corrected chi connectivity index (χ2v) is 7.41. The van der Waals surface area contributed by atoms with Crippen LogP contribution in [0, 0.1) is 0 Å². The quantitative estimate of drug-likeness (QED) is 0.574. The van der Waals surface area contributed by atoms with Gasteiger partial charge in [0.25, 0.3) is 0 Å². The zero-order valence-corrected chi connectivity index (χ0v) is 16.7. The Morgan fingerprint density at radius 2 is 1.96 bits per heavy atom. The lowest BCUT2D eigenvalue weighted by Gasteiger charge is -2.11. The van der Waals surface area contributed by atoms with Gasteiger partial charge in [-0.15, -0.1) is 22.0 Å². The minimum Gasteiger partial charge on any atom is -0.495 e. The number of rotatable bonds is 8. The molecular weight excluding hydrogens is 380 g/mol. The van der Waals surface area contributed by atoms with Crippen LogP contribution in [0.15, 0.2) is 64.9 Å². The highest BCUT2D eigenvalue weighted by molar-refractivity contribution is 7.99. The second-order valence-electron chi connectivity index (χ2n) is 5.50. The number of thioether (sulfide) groups is 2.